The molecule has 0 fully saturated rings. The summed E-state index contributed by atoms with van der Waals surface area (Å²) in [6, 6.07) is 0. The van der Waals surface area contributed by atoms with Crippen LogP contribution < -0.4 is 10.6 Å². The molecule has 0 saturated carbocycles. The van der Waals surface area contributed by atoms with E-state index in [2.05, 4.69) is 48.3 Å². The number of guanidine groups is 1. The van der Waals surface area contributed by atoms with E-state index >= 15 is 0 Å². The van der Waals surface area contributed by atoms with Gasteiger partial charge in [0, 0.05) is 54.1 Å². The monoisotopic (exact) mass is 444 g/mol. The fourth-order valence-corrected chi connectivity index (χ4v) is 2.11. The third kappa shape index (κ3) is 12.9. The lowest BCUT2D eigenvalue weighted by Gasteiger charge is -2.30. The van der Waals surface area contributed by atoms with Crippen molar-refractivity contribution in [3.05, 3.63) is 0 Å². The molecule has 140 valence electrons. The zero-order chi connectivity index (χ0) is 17.0. The molecule has 0 rings (SSSR count). The lowest BCUT2D eigenvalue weighted by molar-refractivity contribution is 0.0205. The highest BCUT2D eigenvalue weighted by Crippen LogP contribution is 2.20. The van der Waals surface area contributed by atoms with Crippen molar-refractivity contribution in [3.63, 3.8) is 0 Å². The molecule has 0 aromatic heterocycles. The van der Waals surface area contributed by atoms with Gasteiger partial charge in [-0.15, -0.1) is 24.0 Å². The maximum atomic E-state index is 5.54. The number of halogens is 1. The van der Waals surface area contributed by atoms with E-state index in [0.717, 1.165) is 45.2 Å². The van der Waals surface area contributed by atoms with Crippen LogP contribution in [0.4, 0.5) is 0 Å². The van der Waals surface area contributed by atoms with Gasteiger partial charge >= 0.3 is 0 Å². The number of rotatable bonds is 10. The number of nitrogens with zero attached hydrogens (tertiary/aromatic N) is 2. The molecule has 0 aromatic rings. The molecule has 7 heteroatoms. The Morgan fingerprint density at radius 1 is 1.17 bits per heavy atom. The lowest BCUT2D eigenvalue weighted by atomic mass is 9.89. The van der Waals surface area contributed by atoms with Crippen LogP contribution in [-0.2, 0) is 9.47 Å². The maximum absolute atomic E-state index is 5.54. The zero-order valence-electron chi connectivity index (χ0n) is 15.9. The molecule has 0 aliphatic heterocycles. The Kier molecular flexibility index (Phi) is 15.6. The molecule has 0 spiro atoms. The van der Waals surface area contributed by atoms with Gasteiger partial charge < -0.3 is 25.0 Å². The second-order valence-corrected chi connectivity index (χ2v) is 6.62. The minimum Gasteiger partial charge on any atom is -0.385 e. The highest BCUT2D eigenvalue weighted by molar-refractivity contribution is 14.0. The number of methoxy groups -OCH3 is 2. The van der Waals surface area contributed by atoms with Crippen molar-refractivity contribution in [1.82, 2.24) is 15.5 Å². The van der Waals surface area contributed by atoms with Gasteiger partial charge in [-0.05, 0) is 18.9 Å². The van der Waals surface area contributed by atoms with E-state index in [1.54, 1.807) is 21.3 Å². The molecule has 1 unspecified atom stereocenters. The lowest BCUT2D eigenvalue weighted by Crippen LogP contribution is -2.46. The molecule has 0 aliphatic rings. The zero-order valence-corrected chi connectivity index (χ0v) is 18.3. The van der Waals surface area contributed by atoms with Gasteiger partial charge in [0.15, 0.2) is 5.96 Å². The molecule has 0 bridgehead atoms. The molecule has 2 N–H and O–H groups in total. The van der Waals surface area contributed by atoms with Crippen LogP contribution in [0.3, 0.4) is 0 Å². The van der Waals surface area contributed by atoms with E-state index in [4.69, 9.17) is 9.47 Å². The van der Waals surface area contributed by atoms with Gasteiger partial charge in [0.1, 0.15) is 0 Å². The molecular weight excluding hydrogens is 407 g/mol. The standard InChI is InChI=1S/C16H36N4O2.HI/c1-16(2,3)14(22-7)13-19-15(17-4)18-9-11-20(5)10-8-12-21-6;/h14H,8-13H2,1-7H3,(H2,17,18,19);1H. The van der Waals surface area contributed by atoms with Crippen LogP contribution in [0, 0.1) is 5.41 Å². The van der Waals surface area contributed by atoms with Gasteiger partial charge in [-0.2, -0.15) is 0 Å². The van der Waals surface area contributed by atoms with Crippen LogP contribution in [0.2, 0.25) is 0 Å². The molecule has 0 amide bonds. The van der Waals surface area contributed by atoms with Crippen LogP contribution in [0.15, 0.2) is 4.99 Å². The normalized spacial score (nSPS) is 13.7. The van der Waals surface area contributed by atoms with E-state index in [-0.39, 0.29) is 35.5 Å². The Hall–Kier alpha value is -0.120. The molecule has 0 aliphatic carbocycles. The number of hydrogen-bond acceptors (Lipinski definition) is 4. The summed E-state index contributed by atoms with van der Waals surface area (Å²) in [4.78, 5) is 6.53. The molecule has 0 heterocycles. The first-order chi connectivity index (χ1) is 10.3. The van der Waals surface area contributed by atoms with E-state index in [0.29, 0.717) is 0 Å². The van der Waals surface area contributed by atoms with Crippen LogP contribution in [0.5, 0.6) is 0 Å². The van der Waals surface area contributed by atoms with Crippen molar-refractivity contribution >= 4 is 29.9 Å². The van der Waals surface area contributed by atoms with E-state index in [1.165, 1.54) is 0 Å². The van der Waals surface area contributed by atoms with Gasteiger partial charge in [-0.1, -0.05) is 20.8 Å². The Morgan fingerprint density at radius 3 is 2.30 bits per heavy atom. The second-order valence-electron chi connectivity index (χ2n) is 6.62. The van der Waals surface area contributed by atoms with Crippen LogP contribution >= 0.6 is 24.0 Å². The fraction of sp³-hybridized carbons (Fsp3) is 0.938. The van der Waals surface area contributed by atoms with Crippen LogP contribution in [0.1, 0.15) is 27.2 Å². The number of ether oxygens (including phenoxy) is 2. The predicted molar refractivity (Wildman–Crippen MR) is 109 cm³/mol. The van der Waals surface area contributed by atoms with Gasteiger partial charge in [0.2, 0.25) is 0 Å². The van der Waals surface area contributed by atoms with Crippen molar-refractivity contribution in [1.29, 1.82) is 0 Å². The molecule has 23 heavy (non-hydrogen) atoms. The number of hydrogen-bond donors (Lipinski definition) is 2. The predicted octanol–water partition coefficient (Wildman–Crippen LogP) is 1.80. The first-order valence-corrected chi connectivity index (χ1v) is 8.00. The summed E-state index contributed by atoms with van der Waals surface area (Å²) in [5.74, 6) is 0.816. The second kappa shape index (κ2) is 14.2. The molecule has 0 saturated heterocycles. The third-order valence-electron chi connectivity index (χ3n) is 3.60. The average molecular weight is 444 g/mol. The van der Waals surface area contributed by atoms with Crippen molar-refractivity contribution < 1.29 is 9.47 Å². The summed E-state index contributed by atoms with van der Waals surface area (Å²) in [5, 5.41) is 6.66. The number of aliphatic imine (C=N–C) groups is 1. The first kappa shape index (κ1) is 25.1. The summed E-state index contributed by atoms with van der Waals surface area (Å²) in [6.45, 7) is 10.9. The maximum Gasteiger partial charge on any atom is 0.191 e. The number of likely N-dealkylation sites (N-methyl/N-ethyl adjacent to an activating group) is 1. The van der Waals surface area contributed by atoms with Crippen LogP contribution in [-0.4, -0.2) is 78.1 Å². The molecular formula is C16H37IN4O2. The quantitative estimate of drug-likeness (QED) is 0.233. The summed E-state index contributed by atoms with van der Waals surface area (Å²) in [6.07, 6.45) is 1.20. The van der Waals surface area contributed by atoms with Gasteiger partial charge in [0.25, 0.3) is 0 Å². The van der Waals surface area contributed by atoms with Gasteiger partial charge in [-0.3, -0.25) is 4.99 Å². The third-order valence-corrected chi connectivity index (χ3v) is 3.60. The highest BCUT2D eigenvalue weighted by Gasteiger charge is 2.24. The van der Waals surface area contributed by atoms with Crippen molar-refractivity contribution in [3.8, 4) is 0 Å². The van der Waals surface area contributed by atoms with Crippen molar-refractivity contribution in [2.24, 2.45) is 10.4 Å². The minimum atomic E-state index is 0. The SMILES string of the molecule is CN=C(NCCN(C)CCCOC)NCC(OC)C(C)(C)C.I. The average Bonchev–Trinajstić information content (AvgIpc) is 2.44. The van der Waals surface area contributed by atoms with Crippen molar-refractivity contribution in [2.75, 3.05) is 61.1 Å². The van der Waals surface area contributed by atoms with Crippen LogP contribution in [0.25, 0.3) is 0 Å². The largest absolute Gasteiger partial charge is 0.385 e. The first-order valence-electron chi connectivity index (χ1n) is 8.00. The summed E-state index contributed by atoms with van der Waals surface area (Å²) in [7, 11) is 7.40. The Bertz CT molecular complexity index is 309. The fourth-order valence-electron chi connectivity index (χ4n) is 2.11. The topological polar surface area (TPSA) is 58.1 Å². The minimum absolute atomic E-state index is 0. The summed E-state index contributed by atoms with van der Waals surface area (Å²) < 4.78 is 10.6. The summed E-state index contributed by atoms with van der Waals surface area (Å²) >= 11 is 0. The van der Waals surface area contributed by atoms with E-state index < -0.39 is 0 Å². The molecule has 0 aromatic carbocycles. The van der Waals surface area contributed by atoms with E-state index in [1.807, 2.05) is 0 Å². The summed E-state index contributed by atoms with van der Waals surface area (Å²) in [5.41, 5.74) is 0.0994. The molecule has 1 atom stereocenters. The van der Waals surface area contributed by atoms with Crippen molar-refractivity contribution in [2.45, 2.75) is 33.3 Å². The van der Waals surface area contributed by atoms with Gasteiger partial charge in [-0.25, -0.2) is 0 Å². The van der Waals surface area contributed by atoms with Gasteiger partial charge in [0.05, 0.1) is 6.10 Å². The Balaban J connectivity index is 0. The smallest absolute Gasteiger partial charge is 0.191 e. The number of nitrogens with one attached hydrogen (secondary N) is 2. The molecule has 6 nitrogen and oxygen atoms in total. The Morgan fingerprint density at radius 2 is 1.83 bits per heavy atom. The highest BCUT2D eigenvalue weighted by atomic mass is 127. The Labute approximate surface area is 159 Å². The molecule has 0 radical (unpaired) electrons. The van der Waals surface area contributed by atoms with E-state index in [9.17, 15) is 0 Å².